The highest BCUT2D eigenvalue weighted by Gasteiger charge is 2.10. The molecule has 0 spiro atoms. The number of thioether (sulfide) groups is 2. The maximum atomic E-state index is 8.60. The molecule has 6 heteroatoms. The molecule has 4 nitrogen and oxygen atoms in total. The molecule has 1 N–H and O–H groups in total. The number of nitriles is 1. The minimum atomic E-state index is 0.615. The van der Waals surface area contributed by atoms with Crippen molar-refractivity contribution in [3.8, 4) is 6.19 Å². The maximum absolute atomic E-state index is 8.60. The molecule has 0 unspecified atom stereocenters. The summed E-state index contributed by atoms with van der Waals surface area (Å²) in [7, 11) is 0. The van der Waals surface area contributed by atoms with Gasteiger partial charge in [-0.2, -0.15) is 17.0 Å². The smallest absolute Gasteiger partial charge is 0.183 e. The minimum Gasteiger partial charge on any atom is -0.370 e. The first-order valence-electron chi connectivity index (χ1n) is 6.04. The predicted octanol–water partition coefficient (Wildman–Crippen LogP) is 2.66. The second-order valence-electron chi connectivity index (χ2n) is 3.97. The van der Waals surface area contributed by atoms with Crippen LogP contribution in [-0.4, -0.2) is 36.0 Å². The highest BCUT2D eigenvalue weighted by Crippen LogP contribution is 2.23. The average Bonchev–Trinajstić information content (AvgIpc) is 2.48. The third-order valence-corrected chi connectivity index (χ3v) is 4.34. The Hall–Kier alpha value is -1.32. The summed E-state index contributed by atoms with van der Waals surface area (Å²) in [6.45, 7) is 2.22. The van der Waals surface area contributed by atoms with Gasteiger partial charge in [-0.15, -0.1) is 0 Å². The van der Waals surface area contributed by atoms with Gasteiger partial charge >= 0.3 is 0 Å². The fraction of sp³-hybridized carbons (Fsp3) is 0.385. The molecule has 1 fully saturated rings. The molecule has 1 aliphatic heterocycles. The molecular weight excluding hydrogens is 276 g/mol. The van der Waals surface area contributed by atoms with Crippen molar-refractivity contribution in [2.24, 2.45) is 4.99 Å². The zero-order valence-electron chi connectivity index (χ0n) is 10.8. The van der Waals surface area contributed by atoms with Gasteiger partial charge in [0.05, 0.1) is 5.69 Å². The number of aliphatic imine (C=N–C) groups is 1. The number of benzene rings is 1. The van der Waals surface area contributed by atoms with Gasteiger partial charge in [0.15, 0.2) is 11.4 Å². The summed E-state index contributed by atoms with van der Waals surface area (Å²) in [5.41, 5.74) is 2.11. The van der Waals surface area contributed by atoms with E-state index in [4.69, 9.17) is 5.26 Å². The van der Waals surface area contributed by atoms with Gasteiger partial charge in [0.1, 0.15) is 0 Å². The van der Waals surface area contributed by atoms with Gasteiger partial charge in [-0.25, -0.2) is 4.99 Å². The van der Waals surface area contributed by atoms with Crippen LogP contribution in [0.1, 0.15) is 0 Å². The van der Waals surface area contributed by atoms with E-state index in [1.54, 1.807) is 0 Å². The summed E-state index contributed by atoms with van der Waals surface area (Å²) in [4.78, 5) is 6.77. The van der Waals surface area contributed by atoms with Crippen molar-refractivity contribution < 1.29 is 0 Å². The number of nitrogens with one attached hydrogen (secondary N) is 1. The molecule has 1 aromatic carbocycles. The summed E-state index contributed by atoms with van der Waals surface area (Å²) in [5, 5.41) is 11.8. The van der Waals surface area contributed by atoms with E-state index in [-0.39, 0.29) is 0 Å². The molecule has 1 saturated heterocycles. The number of anilines is 1. The van der Waals surface area contributed by atoms with E-state index in [0.29, 0.717) is 5.17 Å². The average molecular weight is 292 g/mol. The third-order valence-electron chi connectivity index (χ3n) is 2.81. The van der Waals surface area contributed by atoms with Gasteiger partial charge in [-0.3, -0.25) is 5.32 Å². The second-order valence-corrected chi connectivity index (χ2v) is 5.99. The van der Waals surface area contributed by atoms with Crippen molar-refractivity contribution in [2.45, 2.75) is 0 Å². The molecule has 100 valence electrons. The molecule has 1 aliphatic rings. The van der Waals surface area contributed by atoms with Crippen LogP contribution in [-0.2, 0) is 0 Å². The van der Waals surface area contributed by atoms with Gasteiger partial charge in [-0.1, -0.05) is 11.8 Å². The number of hydrogen-bond donors (Lipinski definition) is 1. The second kappa shape index (κ2) is 7.31. The van der Waals surface area contributed by atoms with Crippen LogP contribution in [0, 0.1) is 11.5 Å². The molecule has 0 aliphatic carbocycles. The first kappa shape index (κ1) is 14.1. The number of hydrogen-bond acceptors (Lipinski definition) is 5. The van der Waals surface area contributed by atoms with Crippen molar-refractivity contribution in [2.75, 3.05) is 35.8 Å². The molecule has 1 aromatic rings. The van der Waals surface area contributed by atoms with Gasteiger partial charge in [0, 0.05) is 30.3 Å². The standard InChI is InChI=1S/C13H16N4S2/c1-18-13(15-10-14)16-11-2-4-12(5-3-11)17-6-8-19-9-7-17/h2-5H,6-9H2,1H3,(H,15,16). The zero-order valence-corrected chi connectivity index (χ0v) is 12.4. The number of nitrogens with zero attached hydrogens (tertiary/aromatic N) is 3. The van der Waals surface area contributed by atoms with Crippen LogP contribution in [0.3, 0.4) is 0 Å². The molecule has 19 heavy (non-hydrogen) atoms. The Morgan fingerprint density at radius 3 is 2.63 bits per heavy atom. The Morgan fingerprint density at radius 2 is 2.05 bits per heavy atom. The van der Waals surface area contributed by atoms with Crippen molar-refractivity contribution in [3.63, 3.8) is 0 Å². The van der Waals surface area contributed by atoms with Crippen LogP contribution >= 0.6 is 23.5 Å². The highest BCUT2D eigenvalue weighted by atomic mass is 32.2. The lowest BCUT2D eigenvalue weighted by Crippen LogP contribution is -2.32. The topological polar surface area (TPSA) is 51.4 Å². The van der Waals surface area contributed by atoms with Gasteiger partial charge in [0.2, 0.25) is 0 Å². The van der Waals surface area contributed by atoms with Crippen molar-refractivity contribution in [1.82, 2.24) is 5.32 Å². The van der Waals surface area contributed by atoms with Gasteiger partial charge in [0.25, 0.3) is 0 Å². The Morgan fingerprint density at radius 1 is 1.37 bits per heavy atom. The molecular formula is C13H16N4S2. The molecule has 0 atom stereocenters. The van der Waals surface area contributed by atoms with Crippen LogP contribution in [0.2, 0.25) is 0 Å². The Kier molecular flexibility index (Phi) is 5.43. The largest absolute Gasteiger partial charge is 0.370 e. The van der Waals surface area contributed by atoms with E-state index in [1.807, 2.05) is 36.3 Å². The fourth-order valence-electron chi connectivity index (χ4n) is 1.85. The lowest BCUT2D eigenvalue weighted by atomic mass is 10.2. The molecule has 1 heterocycles. The monoisotopic (exact) mass is 292 g/mol. The lowest BCUT2D eigenvalue weighted by molar-refractivity contribution is 0.859. The molecule has 2 rings (SSSR count). The number of amidine groups is 1. The van der Waals surface area contributed by atoms with Crippen molar-refractivity contribution >= 4 is 40.1 Å². The predicted molar refractivity (Wildman–Crippen MR) is 85.3 cm³/mol. The Labute approximate surface area is 122 Å². The highest BCUT2D eigenvalue weighted by molar-refractivity contribution is 8.13. The quantitative estimate of drug-likeness (QED) is 0.393. The van der Waals surface area contributed by atoms with E-state index in [0.717, 1.165) is 18.8 Å². The Balaban J connectivity index is 2.07. The summed E-state index contributed by atoms with van der Waals surface area (Å²) < 4.78 is 0. The molecule has 0 bridgehead atoms. The summed E-state index contributed by atoms with van der Waals surface area (Å²) in [5.74, 6) is 2.39. The molecule has 0 saturated carbocycles. The third kappa shape index (κ3) is 4.08. The van der Waals surface area contributed by atoms with E-state index in [2.05, 4.69) is 27.3 Å². The maximum Gasteiger partial charge on any atom is 0.183 e. The summed E-state index contributed by atoms with van der Waals surface area (Å²) >= 11 is 3.43. The minimum absolute atomic E-state index is 0.615. The van der Waals surface area contributed by atoms with Crippen LogP contribution in [0.4, 0.5) is 11.4 Å². The van der Waals surface area contributed by atoms with E-state index >= 15 is 0 Å². The van der Waals surface area contributed by atoms with Crippen molar-refractivity contribution in [1.29, 1.82) is 5.26 Å². The molecule has 0 aromatic heterocycles. The number of rotatable bonds is 2. The van der Waals surface area contributed by atoms with Gasteiger partial charge in [-0.05, 0) is 30.5 Å². The summed E-state index contributed by atoms with van der Waals surface area (Å²) in [6, 6.07) is 8.18. The van der Waals surface area contributed by atoms with Gasteiger partial charge < -0.3 is 4.90 Å². The molecule has 0 radical (unpaired) electrons. The van der Waals surface area contributed by atoms with E-state index in [1.165, 1.54) is 29.0 Å². The van der Waals surface area contributed by atoms with Crippen LogP contribution in [0.15, 0.2) is 29.3 Å². The van der Waals surface area contributed by atoms with E-state index in [9.17, 15) is 0 Å². The van der Waals surface area contributed by atoms with Crippen LogP contribution in [0.25, 0.3) is 0 Å². The normalized spacial score (nSPS) is 16.0. The summed E-state index contributed by atoms with van der Waals surface area (Å²) in [6.07, 6.45) is 3.78. The van der Waals surface area contributed by atoms with Crippen molar-refractivity contribution in [3.05, 3.63) is 24.3 Å². The first-order valence-corrected chi connectivity index (χ1v) is 8.42. The zero-order chi connectivity index (χ0) is 13.5. The van der Waals surface area contributed by atoms with Crippen LogP contribution < -0.4 is 10.2 Å². The van der Waals surface area contributed by atoms with Crippen LogP contribution in [0.5, 0.6) is 0 Å². The molecule has 0 amide bonds. The lowest BCUT2D eigenvalue weighted by Gasteiger charge is -2.28. The van der Waals surface area contributed by atoms with E-state index < -0.39 is 0 Å². The Bertz CT molecular complexity index is 472. The first-order chi connectivity index (χ1) is 9.33. The SMILES string of the molecule is CSC(=Nc1ccc(N2CCSCC2)cc1)NC#N. The fourth-order valence-corrected chi connectivity index (χ4v) is 3.10.